The molecule has 1 aliphatic rings. The van der Waals surface area contributed by atoms with Crippen LogP contribution in [0, 0.1) is 0 Å². The van der Waals surface area contributed by atoms with E-state index >= 15 is 0 Å². The van der Waals surface area contributed by atoms with E-state index in [2.05, 4.69) is 22.5 Å². The molecule has 2 N–H and O–H groups in total. The SMILES string of the molecule is CCCCCCNC(=O)c1ncn2c1CN(CC(=O)NC)S(=O)(=O)c1ccccc1-2. The minimum Gasteiger partial charge on any atom is -0.358 e. The molecule has 0 saturated carbocycles. The van der Waals surface area contributed by atoms with Gasteiger partial charge in [-0.25, -0.2) is 13.4 Å². The Morgan fingerprint density at radius 3 is 2.67 bits per heavy atom. The highest BCUT2D eigenvalue weighted by Gasteiger charge is 2.35. The first-order valence-corrected chi connectivity index (χ1v) is 11.5. The van der Waals surface area contributed by atoms with Gasteiger partial charge in [-0.3, -0.25) is 14.2 Å². The van der Waals surface area contributed by atoms with E-state index in [-0.39, 0.29) is 29.6 Å². The van der Waals surface area contributed by atoms with Crippen molar-refractivity contribution in [2.24, 2.45) is 0 Å². The number of fused-ring (bicyclic) bond motifs is 3. The maximum absolute atomic E-state index is 13.2. The Bertz CT molecular complexity index is 1030. The fraction of sp³-hybridized carbons (Fsp3) is 0.450. The fourth-order valence-electron chi connectivity index (χ4n) is 3.41. The van der Waals surface area contributed by atoms with Gasteiger partial charge in [0.1, 0.15) is 11.2 Å². The van der Waals surface area contributed by atoms with Crippen LogP contribution < -0.4 is 10.6 Å². The molecule has 30 heavy (non-hydrogen) atoms. The molecule has 0 bridgehead atoms. The lowest BCUT2D eigenvalue weighted by Gasteiger charge is -2.19. The van der Waals surface area contributed by atoms with E-state index in [1.54, 1.807) is 22.8 Å². The smallest absolute Gasteiger partial charge is 0.271 e. The summed E-state index contributed by atoms with van der Waals surface area (Å²) in [5, 5.41) is 5.31. The minimum atomic E-state index is -3.94. The maximum atomic E-state index is 13.2. The van der Waals surface area contributed by atoms with Crippen LogP contribution in [0.1, 0.15) is 48.8 Å². The van der Waals surface area contributed by atoms with Crippen molar-refractivity contribution < 1.29 is 18.0 Å². The number of hydrogen-bond acceptors (Lipinski definition) is 5. The van der Waals surface area contributed by atoms with Crippen LogP contribution in [0.3, 0.4) is 0 Å². The molecule has 162 valence electrons. The number of hydrogen-bond donors (Lipinski definition) is 2. The molecule has 10 heteroatoms. The van der Waals surface area contributed by atoms with Gasteiger partial charge in [0.25, 0.3) is 5.91 Å². The van der Waals surface area contributed by atoms with Crippen LogP contribution in [-0.4, -0.2) is 54.2 Å². The number of carbonyl (C=O) groups excluding carboxylic acids is 2. The zero-order valence-corrected chi connectivity index (χ0v) is 18.0. The molecular weight excluding hydrogens is 406 g/mol. The summed E-state index contributed by atoms with van der Waals surface area (Å²) < 4.78 is 29.1. The third kappa shape index (κ3) is 4.39. The highest BCUT2D eigenvalue weighted by atomic mass is 32.2. The average Bonchev–Trinajstić information content (AvgIpc) is 3.12. The van der Waals surface area contributed by atoms with E-state index in [1.807, 2.05) is 0 Å². The number of likely N-dealkylation sites (N-methyl/N-ethyl adjacent to an activating group) is 1. The van der Waals surface area contributed by atoms with Crippen molar-refractivity contribution in [2.45, 2.75) is 44.0 Å². The van der Waals surface area contributed by atoms with Gasteiger partial charge in [-0.15, -0.1) is 0 Å². The quantitative estimate of drug-likeness (QED) is 0.612. The number of carbonyl (C=O) groups is 2. The number of imidazole rings is 1. The zero-order valence-electron chi connectivity index (χ0n) is 17.2. The molecule has 1 aliphatic heterocycles. The Kier molecular flexibility index (Phi) is 6.88. The van der Waals surface area contributed by atoms with Crippen molar-refractivity contribution in [2.75, 3.05) is 20.1 Å². The molecule has 2 aromatic rings. The van der Waals surface area contributed by atoms with Crippen molar-refractivity contribution in [3.8, 4) is 5.69 Å². The molecule has 2 amide bonds. The maximum Gasteiger partial charge on any atom is 0.271 e. The van der Waals surface area contributed by atoms with Crippen LogP contribution in [0.25, 0.3) is 5.69 Å². The van der Waals surface area contributed by atoms with E-state index in [1.165, 1.54) is 19.4 Å². The summed E-state index contributed by atoms with van der Waals surface area (Å²) in [4.78, 5) is 29.0. The van der Waals surface area contributed by atoms with Crippen molar-refractivity contribution in [3.05, 3.63) is 42.0 Å². The van der Waals surface area contributed by atoms with Gasteiger partial charge in [-0.1, -0.05) is 38.3 Å². The second-order valence-corrected chi connectivity index (χ2v) is 9.05. The van der Waals surface area contributed by atoms with Crippen LogP contribution >= 0.6 is 0 Å². The third-order valence-electron chi connectivity index (χ3n) is 5.06. The lowest BCUT2D eigenvalue weighted by molar-refractivity contribution is -0.120. The lowest BCUT2D eigenvalue weighted by atomic mass is 10.2. The number of nitrogens with zero attached hydrogens (tertiary/aromatic N) is 3. The van der Waals surface area contributed by atoms with Gasteiger partial charge in [0, 0.05) is 13.6 Å². The second kappa shape index (κ2) is 9.40. The number of amides is 2. The van der Waals surface area contributed by atoms with Gasteiger partial charge < -0.3 is 10.6 Å². The molecule has 1 aromatic carbocycles. The fourth-order valence-corrected chi connectivity index (χ4v) is 4.94. The second-order valence-electron chi connectivity index (χ2n) is 7.14. The van der Waals surface area contributed by atoms with Gasteiger partial charge in [-0.05, 0) is 18.6 Å². The normalized spacial score (nSPS) is 15.0. The molecule has 0 radical (unpaired) electrons. The Hall–Kier alpha value is -2.72. The number of sulfonamides is 1. The Labute approximate surface area is 176 Å². The van der Waals surface area contributed by atoms with Crippen molar-refractivity contribution >= 4 is 21.8 Å². The van der Waals surface area contributed by atoms with Crippen molar-refractivity contribution in [1.82, 2.24) is 24.5 Å². The van der Waals surface area contributed by atoms with E-state index in [4.69, 9.17) is 0 Å². The molecule has 0 fully saturated rings. The number of rotatable bonds is 8. The number of aromatic nitrogens is 2. The molecule has 0 spiro atoms. The molecular formula is C20H27N5O4S. The standard InChI is InChI=1S/C20H27N5O4S/c1-3-4-5-8-11-22-20(27)19-16-12-24(13-18(26)21-2)30(28,29)17-10-7-6-9-15(17)25(16)14-23-19/h6-7,9-10,14H,3-5,8,11-13H2,1-2H3,(H,21,26)(H,22,27). The zero-order chi connectivity index (χ0) is 21.7. The Morgan fingerprint density at radius 1 is 1.17 bits per heavy atom. The summed E-state index contributed by atoms with van der Waals surface area (Å²) in [5.74, 6) is -0.789. The molecule has 9 nitrogen and oxygen atoms in total. The highest BCUT2D eigenvalue weighted by Crippen LogP contribution is 2.31. The predicted octanol–water partition coefficient (Wildman–Crippen LogP) is 1.43. The van der Waals surface area contributed by atoms with E-state index < -0.39 is 15.9 Å². The molecule has 1 aromatic heterocycles. The highest BCUT2D eigenvalue weighted by molar-refractivity contribution is 7.89. The number of benzene rings is 1. The van der Waals surface area contributed by atoms with Gasteiger partial charge in [0.05, 0.1) is 24.5 Å². The van der Waals surface area contributed by atoms with Crippen LogP contribution in [0.5, 0.6) is 0 Å². The molecule has 0 saturated heterocycles. The summed E-state index contributed by atoms with van der Waals surface area (Å²) in [6, 6.07) is 6.50. The average molecular weight is 434 g/mol. The Balaban J connectivity index is 1.96. The monoisotopic (exact) mass is 433 g/mol. The molecule has 3 rings (SSSR count). The Morgan fingerprint density at radius 2 is 1.93 bits per heavy atom. The van der Waals surface area contributed by atoms with Crippen molar-refractivity contribution in [1.29, 1.82) is 0 Å². The molecule has 0 unspecified atom stereocenters. The number of unbranched alkanes of at least 4 members (excludes halogenated alkanes) is 3. The number of nitrogens with one attached hydrogen (secondary N) is 2. The van der Waals surface area contributed by atoms with Gasteiger partial charge in [0.15, 0.2) is 5.69 Å². The van der Waals surface area contributed by atoms with E-state index in [0.29, 0.717) is 17.9 Å². The summed E-state index contributed by atoms with van der Waals surface area (Å²) in [5.41, 5.74) is 0.999. The van der Waals surface area contributed by atoms with Gasteiger partial charge in [-0.2, -0.15) is 4.31 Å². The minimum absolute atomic E-state index is 0.0663. The van der Waals surface area contributed by atoms with E-state index in [9.17, 15) is 18.0 Å². The van der Waals surface area contributed by atoms with Crippen LogP contribution in [0.15, 0.2) is 35.5 Å². The molecule has 0 aliphatic carbocycles. The first-order chi connectivity index (χ1) is 14.4. The lowest BCUT2D eigenvalue weighted by Crippen LogP contribution is -2.39. The summed E-state index contributed by atoms with van der Waals surface area (Å²) >= 11 is 0. The van der Waals surface area contributed by atoms with Gasteiger partial charge >= 0.3 is 0 Å². The van der Waals surface area contributed by atoms with Gasteiger partial charge in [0.2, 0.25) is 15.9 Å². The van der Waals surface area contributed by atoms with Crippen LogP contribution in [0.4, 0.5) is 0 Å². The van der Waals surface area contributed by atoms with Crippen molar-refractivity contribution in [3.63, 3.8) is 0 Å². The summed E-state index contributed by atoms with van der Waals surface area (Å²) in [7, 11) is -2.49. The van der Waals surface area contributed by atoms with Crippen LogP contribution in [0.2, 0.25) is 0 Å². The third-order valence-corrected chi connectivity index (χ3v) is 6.90. The number of para-hydroxylation sites is 1. The first-order valence-electron chi connectivity index (χ1n) is 10.0. The predicted molar refractivity (Wildman–Crippen MR) is 112 cm³/mol. The topological polar surface area (TPSA) is 113 Å². The summed E-state index contributed by atoms with van der Waals surface area (Å²) in [6.07, 6.45) is 5.58. The first kappa shape index (κ1) is 22.0. The van der Waals surface area contributed by atoms with Crippen LogP contribution in [-0.2, 0) is 21.4 Å². The largest absolute Gasteiger partial charge is 0.358 e. The molecule has 0 atom stereocenters. The summed E-state index contributed by atoms with van der Waals surface area (Å²) in [6.45, 7) is 2.16. The van der Waals surface area contributed by atoms with E-state index in [0.717, 1.165) is 30.0 Å². The molecule has 2 heterocycles.